The van der Waals surface area contributed by atoms with Crippen LogP contribution >= 0.6 is 0 Å². The van der Waals surface area contributed by atoms with Crippen LogP contribution in [0.15, 0.2) is 48.9 Å². The molecule has 0 fully saturated rings. The Morgan fingerprint density at radius 3 is 2.91 bits per heavy atom. The summed E-state index contributed by atoms with van der Waals surface area (Å²) in [5.74, 6) is 0.0363. The molecule has 3 aromatic rings. The highest BCUT2D eigenvalue weighted by Gasteiger charge is 2.12. The number of fused-ring (bicyclic) bond motifs is 1. The van der Waals surface area contributed by atoms with Crippen molar-refractivity contribution in [3.05, 3.63) is 60.2 Å². The van der Waals surface area contributed by atoms with Gasteiger partial charge in [0.15, 0.2) is 0 Å². The summed E-state index contributed by atoms with van der Waals surface area (Å²) >= 11 is 0. The number of aryl methyl sites for hydroxylation is 1. The molecule has 0 aliphatic carbocycles. The minimum Gasteiger partial charge on any atom is -0.340 e. The van der Waals surface area contributed by atoms with E-state index in [0.717, 1.165) is 22.0 Å². The van der Waals surface area contributed by atoms with E-state index in [0.29, 0.717) is 6.54 Å². The molecule has 22 heavy (non-hydrogen) atoms. The van der Waals surface area contributed by atoms with Crippen molar-refractivity contribution in [1.82, 2.24) is 19.7 Å². The summed E-state index contributed by atoms with van der Waals surface area (Å²) in [7, 11) is 1.82. The lowest BCUT2D eigenvalue weighted by molar-refractivity contribution is -0.131. The van der Waals surface area contributed by atoms with Gasteiger partial charge < -0.3 is 4.90 Å². The first-order valence-corrected chi connectivity index (χ1v) is 7.19. The zero-order chi connectivity index (χ0) is 15.5. The summed E-state index contributed by atoms with van der Waals surface area (Å²) in [6.45, 7) is 2.74. The number of carbonyl (C=O) groups is 1. The molecule has 5 heteroatoms. The molecule has 2 heterocycles. The second kappa shape index (κ2) is 5.97. The van der Waals surface area contributed by atoms with Crippen molar-refractivity contribution in [3.8, 4) is 0 Å². The van der Waals surface area contributed by atoms with Crippen LogP contribution in [0.2, 0.25) is 0 Å². The normalized spacial score (nSPS) is 10.8. The third kappa shape index (κ3) is 2.98. The third-order valence-corrected chi connectivity index (χ3v) is 3.68. The highest BCUT2D eigenvalue weighted by molar-refractivity contribution is 5.85. The maximum absolute atomic E-state index is 12.3. The van der Waals surface area contributed by atoms with Crippen LogP contribution in [0.25, 0.3) is 10.8 Å². The van der Waals surface area contributed by atoms with Crippen molar-refractivity contribution in [2.45, 2.75) is 20.0 Å². The number of likely N-dealkylation sites (N-methyl/N-ethyl adjacent to an activating group) is 1. The number of aromatic nitrogens is 3. The maximum atomic E-state index is 12.3. The van der Waals surface area contributed by atoms with E-state index in [2.05, 4.69) is 10.1 Å². The topological polar surface area (TPSA) is 51.0 Å². The zero-order valence-corrected chi connectivity index (χ0v) is 12.7. The second-order valence-corrected chi connectivity index (χ2v) is 5.42. The number of hydrogen-bond acceptors (Lipinski definition) is 3. The van der Waals surface area contributed by atoms with Gasteiger partial charge in [0.05, 0.1) is 5.69 Å². The molecule has 0 unspecified atom stereocenters. The van der Waals surface area contributed by atoms with E-state index in [9.17, 15) is 4.79 Å². The summed E-state index contributed by atoms with van der Waals surface area (Å²) in [5, 5.41) is 6.47. The molecule has 1 amide bonds. The number of amides is 1. The molecule has 0 aliphatic heterocycles. The minimum absolute atomic E-state index is 0.0363. The first kappa shape index (κ1) is 14.3. The Kier molecular flexibility index (Phi) is 3.87. The van der Waals surface area contributed by atoms with E-state index >= 15 is 0 Å². The molecule has 0 bridgehead atoms. The van der Waals surface area contributed by atoms with Crippen LogP contribution in [0.3, 0.4) is 0 Å². The summed E-state index contributed by atoms with van der Waals surface area (Å²) < 4.78 is 1.67. The van der Waals surface area contributed by atoms with Gasteiger partial charge in [-0.2, -0.15) is 5.10 Å². The molecule has 0 saturated carbocycles. The number of benzene rings is 1. The van der Waals surface area contributed by atoms with Gasteiger partial charge >= 0.3 is 0 Å². The van der Waals surface area contributed by atoms with E-state index in [1.54, 1.807) is 15.8 Å². The van der Waals surface area contributed by atoms with Crippen molar-refractivity contribution < 1.29 is 4.79 Å². The van der Waals surface area contributed by atoms with E-state index < -0.39 is 0 Å². The number of carbonyl (C=O) groups excluding carboxylic acids is 1. The molecule has 0 saturated heterocycles. The Morgan fingerprint density at radius 1 is 1.27 bits per heavy atom. The van der Waals surface area contributed by atoms with E-state index in [1.165, 1.54) is 0 Å². The van der Waals surface area contributed by atoms with E-state index in [1.807, 2.05) is 56.7 Å². The lowest BCUT2D eigenvalue weighted by Crippen LogP contribution is -2.30. The number of hydrogen-bond donors (Lipinski definition) is 0. The Balaban J connectivity index is 1.75. The van der Waals surface area contributed by atoms with Crippen molar-refractivity contribution in [1.29, 1.82) is 0 Å². The van der Waals surface area contributed by atoms with Crippen LogP contribution in [0, 0.1) is 6.92 Å². The zero-order valence-electron chi connectivity index (χ0n) is 12.7. The average molecular weight is 294 g/mol. The SMILES string of the molecule is Cc1ccn(CC(=O)N(C)Cc2cccc3cnccc23)n1. The van der Waals surface area contributed by atoms with Crippen LogP contribution in [-0.2, 0) is 17.9 Å². The Morgan fingerprint density at radius 2 is 2.14 bits per heavy atom. The van der Waals surface area contributed by atoms with Gasteiger partial charge in [0.1, 0.15) is 6.54 Å². The fourth-order valence-electron chi connectivity index (χ4n) is 2.48. The van der Waals surface area contributed by atoms with Crippen LogP contribution < -0.4 is 0 Å². The van der Waals surface area contributed by atoms with Gasteiger partial charge in [-0.3, -0.25) is 14.5 Å². The smallest absolute Gasteiger partial charge is 0.244 e. The van der Waals surface area contributed by atoms with Gasteiger partial charge in [-0.15, -0.1) is 0 Å². The van der Waals surface area contributed by atoms with Crippen molar-refractivity contribution in [2.75, 3.05) is 7.05 Å². The monoisotopic (exact) mass is 294 g/mol. The molecule has 1 aromatic carbocycles. The van der Waals surface area contributed by atoms with Gasteiger partial charge in [-0.25, -0.2) is 0 Å². The Hall–Kier alpha value is -2.69. The molecule has 2 aromatic heterocycles. The molecule has 5 nitrogen and oxygen atoms in total. The minimum atomic E-state index is 0.0363. The standard InChI is InChI=1S/C17H18N4O/c1-13-7-9-21(19-13)12-17(22)20(2)11-15-5-3-4-14-10-18-8-6-16(14)15/h3-10H,11-12H2,1-2H3. The second-order valence-electron chi connectivity index (χ2n) is 5.42. The first-order valence-electron chi connectivity index (χ1n) is 7.19. The maximum Gasteiger partial charge on any atom is 0.244 e. The highest BCUT2D eigenvalue weighted by atomic mass is 16.2. The number of rotatable bonds is 4. The predicted octanol–water partition coefficient (Wildman–Crippen LogP) is 2.40. The van der Waals surface area contributed by atoms with Gasteiger partial charge in [0.2, 0.25) is 5.91 Å². The van der Waals surface area contributed by atoms with Crippen molar-refractivity contribution >= 4 is 16.7 Å². The fraction of sp³-hybridized carbons (Fsp3) is 0.235. The van der Waals surface area contributed by atoms with Crippen LogP contribution in [-0.4, -0.2) is 32.6 Å². The summed E-state index contributed by atoms with van der Waals surface area (Å²) in [5.41, 5.74) is 2.03. The predicted molar refractivity (Wildman–Crippen MR) is 85.2 cm³/mol. The van der Waals surface area contributed by atoms with Crippen molar-refractivity contribution in [3.63, 3.8) is 0 Å². The Labute approximate surface area is 129 Å². The molecule has 0 atom stereocenters. The first-order chi connectivity index (χ1) is 10.6. The molecule has 3 rings (SSSR count). The summed E-state index contributed by atoms with van der Waals surface area (Å²) in [6, 6.07) is 9.95. The molecule has 112 valence electrons. The molecule has 0 spiro atoms. The van der Waals surface area contributed by atoms with Gasteiger partial charge in [-0.05, 0) is 30.0 Å². The fourth-order valence-corrected chi connectivity index (χ4v) is 2.48. The molecular formula is C17H18N4O. The van der Waals surface area contributed by atoms with Gasteiger partial charge in [-0.1, -0.05) is 18.2 Å². The molecule has 0 N–H and O–H groups in total. The number of pyridine rings is 1. The van der Waals surface area contributed by atoms with Gasteiger partial charge in [0.25, 0.3) is 0 Å². The average Bonchev–Trinajstić information content (AvgIpc) is 2.92. The van der Waals surface area contributed by atoms with Gasteiger partial charge in [0, 0.05) is 37.6 Å². The third-order valence-electron chi connectivity index (χ3n) is 3.68. The Bertz CT molecular complexity index is 804. The van der Waals surface area contributed by atoms with Crippen molar-refractivity contribution in [2.24, 2.45) is 0 Å². The number of nitrogens with zero attached hydrogens (tertiary/aromatic N) is 4. The summed E-state index contributed by atoms with van der Waals surface area (Å²) in [4.78, 5) is 18.2. The quantitative estimate of drug-likeness (QED) is 0.742. The molecule has 0 radical (unpaired) electrons. The van der Waals surface area contributed by atoms with Crippen LogP contribution in [0.4, 0.5) is 0 Å². The summed E-state index contributed by atoms with van der Waals surface area (Å²) in [6.07, 6.45) is 5.44. The highest BCUT2D eigenvalue weighted by Crippen LogP contribution is 2.18. The molecular weight excluding hydrogens is 276 g/mol. The van der Waals surface area contributed by atoms with Crippen LogP contribution in [0.5, 0.6) is 0 Å². The largest absolute Gasteiger partial charge is 0.340 e. The van der Waals surface area contributed by atoms with Crippen LogP contribution in [0.1, 0.15) is 11.3 Å². The van der Waals surface area contributed by atoms with E-state index in [4.69, 9.17) is 0 Å². The lowest BCUT2D eigenvalue weighted by Gasteiger charge is -2.18. The molecule has 0 aliphatic rings. The lowest BCUT2D eigenvalue weighted by atomic mass is 10.1. The van der Waals surface area contributed by atoms with E-state index in [-0.39, 0.29) is 12.5 Å².